The first-order valence-corrected chi connectivity index (χ1v) is 7.57. The van der Waals surface area contributed by atoms with Crippen molar-refractivity contribution in [3.05, 3.63) is 16.6 Å². The summed E-state index contributed by atoms with van der Waals surface area (Å²) in [5.41, 5.74) is -0.432. The van der Waals surface area contributed by atoms with Crippen molar-refractivity contribution in [1.82, 2.24) is 14.9 Å². The van der Waals surface area contributed by atoms with Crippen molar-refractivity contribution in [2.24, 2.45) is 5.41 Å². The van der Waals surface area contributed by atoms with Gasteiger partial charge in [0.25, 0.3) is 0 Å². The van der Waals surface area contributed by atoms with Crippen LogP contribution in [0.4, 0.5) is 4.79 Å². The van der Waals surface area contributed by atoms with Gasteiger partial charge in [-0.25, -0.2) is 9.78 Å². The van der Waals surface area contributed by atoms with Crippen LogP contribution in [-0.2, 0) is 4.74 Å². The van der Waals surface area contributed by atoms with Crippen LogP contribution in [0.2, 0.25) is 0 Å². The van der Waals surface area contributed by atoms with Gasteiger partial charge in [-0.15, -0.1) is 0 Å². The van der Waals surface area contributed by atoms with Crippen LogP contribution in [-0.4, -0.2) is 33.1 Å². The number of carbonyl (C=O) groups excluding carboxylic acids is 1. The van der Waals surface area contributed by atoms with E-state index in [0.717, 1.165) is 16.8 Å². The third kappa shape index (κ3) is 3.53. The molecule has 0 spiro atoms. The number of amides is 1. The molecule has 2 rings (SSSR count). The first-order valence-electron chi connectivity index (χ1n) is 6.77. The molecule has 2 heterocycles. The lowest BCUT2D eigenvalue weighted by Crippen LogP contribution is -2.37. The highest BCUT2D eigenvalue weighted by Crippen LogP contribution is 2.42. The zero-order chi connectivity index (χ0) is 15.1. The minimum absolute atomic E-state index is 0.0564. The van der Waals surface area contributed by atoms with Crippen molar-refractivity contribution >= 4 is 22.0 Å². The third-order valence-electron chi connectivity index (χ3n) is 3.23. The molecule has 1 amide bonds. The Labute approximate surface area is 128 Å². The first-order chi connectivity index (χ1) is 9.07. The zero-order valence-corrected chi connectivity index (χ0v) is 14.2. The van der Waals surface area contributed by atoms with E-state index < -0.39 is 5.60 Å². The number of nitrogens with one attached hydrogen (secondary N) is 1. The number of carbonyl (C=O) groups is 1. The summed E-state index contributed by atoms with van der Waals surface area (Å²) in [5.74, 6) is 0.799. The molecule has 112 valence electrons. The topological polar surface area (TPSA) is 58.2 Å². The number of imidazole rings is 1. The van der Waals surface area contributed by atoms with Gasteiger partial charge >= 0.3 is 6.09 Å². The monoisotopic (exact) mass is 343 g/mol. The Bertz CT molecular complexity index is 505. The Hall–Kier alpha value is -1.04. The Morgan fingerprint density at radius 2 is 2.20 bits per heavy atom. The molecule has 0 bridgehead atoms. The average Bonchev–Trinajstić information content (AvgIpc) is 2.79. The summed E-state index contributed by atoms with van der Waals surface area (Å²) in [7, 11) is 0. The van der Waals surface area contributed by atoms with Crippen molar-refractivity contribution in [3.8, 4) is 0 Å². The van der Waals surface area contributed by atoms with Gasteiger partial charge in [0.1, 0.15) is 16.0 Å². The van der Waals surface area contributed by atoms with Gasteiger partial charge in [-0.1, -0.05) is 13.8 Å². The second-order valence-corrected chi connectivity index (χ2v) is 7.96. The fourth-order valence-electron chi connectivity index (χ4n) is 2.51. The summed E-state index contributed by atoms with van der Waals surface area (Å²) in [4.78, 5) is 21.7. The van der Waals surface area contributed by atoms with Crippen molar-refractivity contribution in [1.29, 1.82) is 0 Å². The maximum absolute atomic E-state index is 12.4. The molecule has 1 unspecified atom stereocenters. The number of aromatic nitrogens is 2. The van der Waals surface area contributed by atoms with E-state index in [4.69, 9.17) is 4.74 Å². The third-order valence-corrected chi connectivity index (χ3v) is 3.63. The Balaban J connectivity index is 2.22. The smallest absolute Gasteiger partial charge is 0.410 e. The van der Waals surface area contributed by atoms with Gasteiger partial charge in [0.15, 0.2) is 0 Å². The summed E-state index contributed by atoms with van der Waals surface area (Å²) in [5, 5.41) is 0. The van der Waals surface area contributed by atoms with E-state index in [1.54, 1.807) is 11.1 Å². The van der Waals surface area contributed by atoms with Gasteiger partial charge in [-0.2, -0.15) is 0 Å². The molecule has 0 saturated carbocycles. The van der Waals surface area contributed by atoms with E-state index in [1.807, 2.05) is 20.8 Å². The number of hydrogen-bond donors (Lipinski definition) is 1. The average molecular weight is 344 g/mol. The molecule has 0 aliphatic carbocycles. The van der Waals surface area contributed by atoms with Crippen LogP contribution >= 0.6 is 15.9 Å². The van der Waals surface area contributed by atoms with E-state index in [2.05, 4.69) is 39.7 Å². The molecule has 5 nitrogen and oxygen atoms in total. The van der Waals surface area contributed by atoms with Crippen LogP contribution in [0.15, 0.2) is 10.8 Å². The van der Waals surface area contributed by atoms with Crippen LogP contribution in [0, 0.1) is 5.41 Å². The standard InChI is InChI=1S/C14H22BrN3O2/c1-13(2,3)20-12(19)18-8-14(4,5)6-9(18)11-16-7-10(15)17-11/h7,9H,6,8H2,1-5H3,(H,16,17). The Morgan fingerprint density at radius 3 is 2.70 bits per heavy atom. The maximum Gasteiger partial charge on any atom is 0.410 e. The predicted molar refractivity (Wildman–Crippen MR) is 80.4 cm³/mol. The van der Waals surface area contributed by atoms with Crippen molar-refractivity contribution in [2.75, 3.05) is 6.54 Å². The number of H-pyrrole nitrogens is 1. The number of hydrogen-bond acceptors (Lipinski definition) is 3. The summed E-state index contributed by atoms with van der Waals surface area (Å²) < 4.78 is 6.33. The largest absolute Gasteiger partial charge is 0.444 e. The van der Waals surface area contributed by atoms with Crippen LogP contribution in [0.1, 0.15) is 52.9 Å². The molecular weight excluding hydrogens is 322 g/mol. The lowest BCUT2D eigenvalue weighted by Gasteiger charge is -2.28. The van der Waals surface area contributed by atoms with Gasteiger partial charge in [-0.3, -0.25) is 4.90 Å². The van der Waals surface area contributed by atoms with E-state index in [1.165, 1.54) is 0 Å². The first kappa shape index (κ1) is 15.4. The minimum atomic E-state index is -0.488. The van der Waals surface area contributed by atoms with Crippen molar-refractivity contribution in [2.45, 2.75) is 52.7 Å². The lowest BCUT2D eigenvalue weighted by atomic mass is 9.90. The fraction of sp³-hybridized carbons (Fsp3) is 0.714. The molecular formula is C14H22BrN3O2. The Morgan fingerprint density at radius 1 is 1.55 bits per heavy atom. The number of halogens is 1. The van der Waals surface area contributed by atoms with Crippen LogP contribution in [0.5, 0.6) is 0 Å². The second-order valence-electron chi connectivity index (χ2n) is 7.11. The maximum atomic E-state index is 12.4. The quantitative estimate of drug-likeness (QED) is 0.841. The van der Waals surface area contributed by atoms with Gasteiger partial charge in [0.2, 0.25) is 0 Å². The Kier molecular flexibility index (Phi) is 3.88. The number of aromatic amines is 1. The molecule has 1 saturated heterocycles. The predicted octanol–water partition coefficient (Wildman–Crippen LogP) is 3.88. The molecule has 6 heteroatoms. The highest BCUT2D eigenvalue weighted by molar-refractivity contribution is 9.10. The molecule has 1 aliphatic rings. The van der Waals surface area contributed by atoms with E-state index in [0.29, 0.717) is 6.54 Å². The van der Waals surface area contributed by atoms with Crippen molar-refractivity contribution < 1.29 is 9.53 Å². The van der Waals surface area contributed by atoms with E-state index >= 15 is 0 Å². The zero-order valence-electron chi connectivity index (χ0n) is 12.7. The molecule has 20 heavy (non-hydrogen) atoms. The van der Waals surface area contributed by atoms with Crippen LogP contribution in [0.3, 0.4) is 0 Å². The summed E-state index contributed by atoms with van der Waals surface area (Å²) in [6.07, 6.45) is 2.31. The van der Waals surface area contributed by atoms with Crippen LogP contribution in [0.25, 0.3) is 0 Å². The minimum Gasteiger partial charge on any atom is -0.444 e. The molecule has 1 aliphatic heterocycles. The molecule has 1 atom stereocenters. The molecule has 1 aromatic rings. The highest BCUT2D eigenvalue weighted by Gasteiger charge is 2.43. The van der Waals surface area contributed by atoms with Crippen LogP contribution < -0.4 is 0 Å². The second kappa shape index (κ2) is 5.06. The lowest BCUT2D eigenvalue weighted by molar-refractivity contribution is 0.0207. The number of likely N-dealkylation sites (tertiary alicyclic amines) is 1. The van der Waals surface area contributed by atoms with E-state index in [-0.39, 0.29) is 17.6 Å². The van der Waals surface area contributed by atoms with Gasteiger partial charge in [-0.05, 0) is 48.5 Å². The number of ether oxygens (including phenoxy) is 1. The van der Waals surface area contributed by atoms with Crippen molar-refractivity contribution in [3.63, 3.8) is 0 Å². The molecule has 0 aromatic carbocycles. The number of nitrogens with zero attached hydrogens (tertiary/aromatic N) is 2. The molecule has 1 aromatic heterocycles. The SMILES string of the molecule is CC1(C)CC(c2ncc(Br)[nH]2)N(C(=O)OC(C)(C)C)C1. The summed E-state index contributed by atoms with van der Waals surface area (Å²) >= 11 is 3.36. The summed E-state index contributed by atoms with van der Waals surface area (Å²) in [6.45, 7) is 10.6. The highest BCUT2D eigenvalue weighted by atomic mass is 79.9. The van der Waals surface area contributed by atoms with Gasteiger partial charge < -0.3 is 9.72 Å². The molecule has 1 N–H and O–H groups in total. The normalized spacial score (nSPS) is 22.1. The molecule has 0 radical (unpaired) electrons. The van der Waals surface area contributed by atoms with E-state index in [9.17, 15) is 4.79 Å². The summed E-state index contributed by atoms with van der Waals surface area (Å²) in [6, 6.07) is -0.0638. The van der Waals surface area contributed by atoms with Gasteiger partial charge in [0.05, 0.1) is 12.2 Å². The number of rotatable bonds is 1. The molecule has 1 fully saturated rings. The fourth-order valence-corrected chi connectivity index (χ4v) is 2.81. The van der Waals surface area contributed by atoms with Gasteiger partial charge in [0, 0.05) is 6.54 Å².